The maximum absolute atomic E-state index is 14.5. The minimum atomic E-state index is -1.49. The van der Waals surface area contributed by atoms with E-state index < -0.39 is 41.3 Å². The number of anilines is 1. The fraction of sp³-hybridized carbons (Fsp3) is 0.286. The molecule has 0 fully saturated rings. The molecule has 1 aliphatic carbocycles. The van der Waals surface area contributed by atoms with E-state index in [-0.39, 0.29) is 12.2 Å². The number of benzodiazepines with no additional fused rings is 1. The Bertz CT molecular complexity index is 1360. The maximum atomic E-state index is 14.5. The van der Waals surface area contributed by atoms with Crippen molar-refractivity contribution in [3.05, 3.63) is 88.5 Å². The Hall–Kier alpha value is -3.24. The van der Waals surface area contributed by atoms with Crippen LogP contribution in [0.15, 0.2) is 77.3 Å². The van der Waals surface area contributed by atoms with Crippen LogP contribution < -0.4 is 16.0 Å². The molecule has 2 aromatic rings. The van der Waals surface area contributed by atoms with Crippen LogP contribution in [0.1, 0.15) is 24.5 Å². The van der Waals surface area contributed by atoms with Gasteiger partial charge in [0.1, 0.15) is 5.66 Å². The van der Waals surface area contributed by atoms with Crippen molar-refractivity contribution in [3.63, 3.8) is 0 Å². The van der Waals surface area contributed by atoms with Crippen LogP contribution in [0.5, 0.6) is 0 Å². The highest BCUT2D eigenvalue weighted by Gasteiger charge is 2.52. The van der Waals surface area contributed by atoms with E-state index in [0.29, 0.717) is 33.1 Å². The van der Waals surface area contributed by atoms with Crippen molar-refractivity contribution in [2.24, 2.45) is 16.6 Å². The number of benzene rings is 2. The molecule has 2 aromatic carbocycles. The van der Waals surface area contributed by atoms with E-state index >= 15 is 0 Å². The molecule has 0 saturated carbocycles. The lowest BCUT2D eigenvalue weighted by Gasteiger charge is -2.50. The van der Waals surface area contributed by atoms with Gasteiger partial charge in [-0.05, 0) is 37.7 Å². The molecule has 38 heavy (non-hydrogen) atoms. The van der Waals surface area contributed by atoms with E-state index in [4.69, 9.17) is 22.3 Å². The molecular weight excluding hydrogens is 524 g/mol. The third kappa shape index (κ3) is 4.82. The van der Waals surface area contributed by atoms with Crippen LogP contribution in [0.4, 0.5) is 5.69 Å². The van der Waals surface area contributed by atoms with Crippen LogP contribution in [-0.4, -0.2) is 59.0 Å². The summed E-state index contributed by atoms with van der Waals surface area (Å²) in [6.07, 6.45) is 5.07. The average Bonchev–Trinajstić information content (AvgIpc) is 3.03. The van der Waals surface area contributed by atoms with Gasteiger partial charge >= 0.3 is 5.97 Å². The number of amides is 1. The molecule has 2 aliphatic rings. The first kappa shape index (κ1) is 27.8. The molecule has 8 nitrogen and oxygen atoms in total. The number of hydrogen-bond donors (Lipinski definition) is 4. The number of fused-ring (bicyclic) bond motifs is 1. The number of hydrogen-bond acceptors (Lipinski definition) is 7. The number of carbonyl (C=O) groups is 3. The summed E-state index contributed by atoms with van der Waals surface area (Å²) < 4.78 is 0. The standard InChI is InChI=1S/C28H29ClN4O4S/c1-16-7-6-10-18(13-23(34)35)28(16,31-2)33-22-12-11-19(29)14-20(22)24(17-8-4-3-5-9-17)32-25(27(33)37)26(36)21(30)15-38/h3-12,14,18,21,25,31,38H,13,15,30H2,1-2H3,(H,34,35). The van der Waals surface area contributed by atoms with Gasteiger partial charge in [0.25, 0.3) is 5.91 Å². The lowest BCUT2D eigenvalue weighted by Crippen LogP contribution is -2.68. The van der Waals surface area contributed by atoms with Crippen molar-refractivity contribution in [2.75, 3.05) is 17.7 Å². The third-order valence-electron chi connectivity index (χ3n) is 7.00. The van der Waals surface area contributed by atoms with Crippen molar-refractivity contribution in [3.8, 4) is 0 Å². The third-order valence-corrected chi connectivity index (χ3v) is 7.63. The molecule has 0 aromatic heterocycles. The van der Waals surface area contributed by atoms with Gasteiger partial charge in [0.15, 0.2) is 11.8 Å². The number of rotatable bonds is 8. The molecule has 1 heterocycles. The number of halogens is 1. The second-order valence-electron chi connectivity index (χ2n) is 9.23. The predicted octanol–water partition coefficient (Wildman–Crippen LogP) is 3.24. The summed E-state index contributed by atoms with van der Waals surface area (Å²) in [7, 11) is 1.66. The Kier molecular flexibility index (Phi) is 8.22. The molecule has 0 radical (unpaired) electrons. The monoisotopic (exact) mass is 552 g/mol. The summed E-state index contributed by atoms with van der Waals surface area (Å²) in [5.74, 6) is -2.89. The first-order chi connectivity index (χ1) is 18.1. The van der Waals surface area contributed by atoms with Gasteiger partial charge in [0.2, 0.25) is 0 Å². The number of ketones is 1. The molecule has 10 heteroatoms. The number of aliphatic carboxylic acids is 1. The molecule has 0 saturated heterocycles. The zero-order chi connectivity index (χ0) is 27.6. The van der Waals surface area contributed by atoms with E-state index in [0.717, 1.165) is 0 Å². The summed E-state index contributed by atoms with van der Waals surface area (Å²) in [6, 6.07) is 11.7. The molecular formula is C28H29ClN4O4S. The van der Waals surface area contributed by atoms with Gasteiger partial charge in [-0.25, -0.2) is 0 Å². The number of allylic oxidation sites excluding steroid dienone is 2. The van der Waals surface area contributed by atoms with Crippen molar-refractivity contribution in [1.82, 2.24) is 5.32 Å². The molecule has 4 atom stereocenters. The van der Waals surface area contributed by atoms with Crippen LogP contribution in [0.3, 0.4) is 0 Å². The van der Waals surface area contributed by atoms with E-state index in [2.05, 4.69) is 17.9 Å². The molecule has 4 N–H and O–H groups in total. The summed E-state index contributed by atoms with van der Waals surface area (Å²) in [5.41, 5.74) is 7.49. The fourth-order valence-electron chi connectivity index (χ4n) is 5.19. The molecule has 198 valence electrons. The van der Waals surface area contributed by atoms with Gasteiger partial charge in [0, 0.05) is 27.8 Å². The van der Waals surface area contributed by atoms with Crippen molar-refractivity contribution < 1.29 is 19.5 Å². The van der Waals surface area contributed by atoms with Crippen LogP contribution in [0.25, 0.3) is 0 Å². The maximum Gasteiger partial charge on any atom is 0.304 e. The highest BCUT2D eigenvalue weighted by molar-refractivity contribution is 7.80. The summed E-state index contributed by atoms with van der Waals surface area (Å²) >= 11 is 10.6. The van der Waals surface area contributed by atoms with Gasteiger partial charge in [-0.1, -0.05) is 60.2 Å². The lowest BCUT2D eigenvalue weighted by molar-refractivity contribution is -0.139. The van der Waals surface area contributed by atoms with Gasteiger partial charge in [-0.2, -0.15) is 12.6 Å². The van der Waals surface area contributed by atoms with E-state index in [1.165, 1.54) is 4.90 Å². The number of likely N-dealkylation sites (N-methyl/N-ethyl adjacent to an activating group) is 1. The first-order valence-electron chi connectivity index (χ1n) is 12.1. The lowest BCUT2D eigenvalue weighted by atomic mass is 9.78. The van der Waals surface area contributed by atoms with E-state index in [1.807, 2.05) is 43.3 Å². The Morgan fingerprint density at radius 3 is 2.61 bits per heavy atom. The minimum absolute atomic E-state index is 0.0259. The molecule has 4 rings (SSSR count). The molecule has 0 bridgehead atoms. The zero-order valence-electron chi connectivity index (χ0n) is 21.0. The molecule has 4 unspecified atom stereocenters. The van der Waals surface area contributed by atoms with Crippen LogP contribution in [-0.2, 0) is 14.4 Å². The summed E-state index contributed by atoms with van der Waals surface area (Å²) in [4.78, 5) is 46.2. The van der Waals surface area contributed by atoms with Crippen molar-refractivity contribution >= 4 is 53.3 Å². The van der Waals surface area contributed by atoms with Gasteiger partial charge in [0.05, 0.1) is 23.9 Å². The largest absolute Gasteiger partial charge is 0.481 e. The van der Waals surface area contributed by atoms with E-state index in [9.17, 15) is 19.5 Å². The molecule has 0 spiro atoms. The van der Waals surface area contributed by atoms with Crippen LogP contribution in [0, 0.1) is 5.92 Å². The van der Waals surface area contributed by atoms with Gasteiger partial charge in [-0.15, -0.1) is 0 Å². The van der Waals surface area contributed by atoms with E-state index in [1.54, 1.807) is 37.4 Å². The zero-order valence-corrected chi connectivity index (χ0v) is 22.6. The Labute approximate surface area is 231 Å². The predicted molar refractivity (Wildman–Crippen MR) is 152 cm³/mol. The number of nitrogens with two attached hydrogens (primary N) is 1. The number of carbonyl (C=O) groups excluding carboxylic acids is 2. The number of nitrogens with one attached hydrogen (secondary N) is 1. The second-order valence-corrected chi connectivity index (χ2v) is 10.0. The van der Waals surface area contributed by atoms with Crippen molar-refractivity contribution in [2.45, 2.75) is 31.1 Å². The number of aliphatic imine (C=N–C) groups is 1. The number of nitrogens with zero attached hydrogens (tertiary/aromatic N) is 2. The SMILES string of the molecule is CNC1(N2C(=O)C(C(=O)C(N)CS)N=C(c3ccccc3)c3cc(Cl)ccc32)C(C)=CC=CC1CC(=O)O. The normalized spacial score (nSPS) is 23.7. The highest BCUT2D eigenvalue weighted by atomic mass is 35.5. The minimum Gasteiger partial charge on any atom is -0.481 e. The molecule has 1 amide bonds. The van der Waals surface area contributed by atoms with Crippen LogP contribution in [0.2, 0.25) is 5.02 Å². The van der Waals surface area contributed by atoms with Gasteiger partial charge < -0.3 is 10.8 Å². The fourth-order valence-corrected chi connectivity index (χ4v) is 5.54. The number of carboxylic acids is 1. The number of Topliss-reactive ketones (excluding diaryl/α,β-unsaturated/α-hetero) is 1. The van der Waals surface area contributed by atoms with Crippen molar-refractivity contribution in [1.29, 1.82) is 0 Å². The average molecular weight is 553 g/mol. The second kappa shape index (κ2) is 11.2. The quantitative estimate of drug-likeness (QED) is 0.294. The summed E-state index contributed by atoms with van der Waals surface area (Å²) in [5, 5.41) is 13.4. The van der Waals surface area contributed by atoms with Gasteiger partial charge in [-0.3, -0.25) is 29.6 Å². The number of thiol groups is 1. The Balaban J connectivity index is 2.07. The first-order valence-corrected chi connectivity index (χ1v) is 13.1. The summed E-state index contributed by atoms with van der Waals surface area (Å²) in [6.45, 7) is 1.82. The number of carboxylic acid groups (broad SMARTS) is 1. The Morgan fingerprint density at radius 2 is 1.97 bits per heavy atom. The topological polar surface area (TPSA) is 125 Å². The molecule has 1 aliphatic heterocycles. The smallest absolute Gasteiger partial charge is 0.304 e. The van der Waals surface area contributed by atoms with Crippen LogP contribution >= 0.6 is 24.2 Å². The highest BCUT2D eigenvalue weighted by Crippen LogP contribution is 2.43. The Morgan fingerprint density at radius 1 is 1.26 bits per heavy atom.